The van der Waals surface area contributed by atoms with Crippen molar-refractivity contribution in [2.24, 2.45) is 5.92 Å². The zero-order chi connectivity index (χ0) is 12.4. The van der Waals surface area contributed by atoms with Crippen molar-refractivity contribution in [1.82, 2.24) is 5.32 Å². The second-order valence-corrected chi connectivity index (χ2v) is 4.32. The molecule has 1 aliphatic rings. The van der Waals surface area contributed by atoms with Gasteiger partial charge in [-0.25, -0.2) is 9.69 Å². The zero-order valence-electron chi connectivity index (χ0n) is 10.0. The first-order chi connectivity index (χ1) is 8.15. The number of anilines is 1. The summed E-state index contributed by atoms with van der Waals surface area (Å²) in [5.41, 5.74) is 0.626. The van der Waals surface area contributed by atoms with Gasteiger partial charge in [-0.05, 0) is 18.1 Å². The Balaban J connectivity index is 2.26. The Labute approximate surface area is 101 Å². The van der Waals surface area contributed by atoms with E-state index in [-0.39, 0.29) is 17.9 Å². The van der Waals surface area contributed by atoms with Crippen molar-refractivity contribution in [3.63, 3.8) is 0 Å². The summed E-state index contributed by atoms with van der Waals surface area (Å²) in [5.74, 6) is -0.00397. The predicted octanol–water partition coefficient (Wildman–Crippen LogP) is 2.16. The van der Waals surface area contributed by atoms with Crippen LogP contribution in [-0.2, 0) is 4.79 Å². The number of amides is 3. The summed E-state index contributed by atoms with van der Waals surface area (Å²) in [6, 6.07) is 8.28. The first kappa shape index (κ1) is 11.6. The Morgan fingerprint density at radius 1 is 1.29 bits per heavy atom. The lowest BCUT2D eigenvalue weighted by atomic mass is 9.99. The van der Waals surface area contributed by atoms with Crippen LogP contribution in [0.5, 0.6) is 0 Å². The van der Waals surface area contributed by atoms with Gasteiger partial charge in [0.15, 0.2) is 0 Å². The standard InChI is InChI=1S/C13H16N2O2/c1-3-9(2)11-12(16)15(13(17)14-11)10-7-5-4-6-8-10/h4-9,11H,3H2,1-2H3,(H,14,17). The first-order valence-corrected chi connectivity index (χ1v) is 5.84. The van der Waals surface area contributed by atoms with Gasteiger partial charge in [0, 0.05) is 0 Å². The van der Waals surface area contributed by atoms with Crippen LogP contribution in [0.4, 0.5) is 10.5 Å². The second-order valence-electron chi connectivity index (χ2n) is 4.32. The SMILES string of the molecule is CCC(C)C1NC(=O)N(c2ccccc2)C1=O. The highest BCUT2D eigenvalue weighted by molar-refractivity contribution is 6.21. The van der Waals surface area contributed by atoms with Gasteiger partial charge < -0.3 is 5.32 Å². The summed E-state index contributed by atoms with van der Waals surface area (Å²) in [7, 11) is 0. The van der Waals surface area contributed by atoms with Gasteiger partial charge in [0.25, 0.3) is 5.91 Å². The van der Waals surface area contributed by atoms with E-state index in [1.807, 2.05) is 32.0 Å². The molecule has 0 aromatic heterocycles. The van der Waals surface area contributed by atoms with Crippen molar-refractivity contribution in [2.45, 2.75) is 26.3 Å². The van der Waals surface area contributed by atoms with Crippen LogP contribution in [0.3, 0.4) is 0 Å². The van der Waals surface area contributed by atoms with Crippen LogP contribution in [0.2, 0.25) is 0 Å². The third-order valence-corrected chi connectivity index (χ3v) is 3.20. The minimum atomic E-state index is -0.396. The van der Waals surface area contributed by atoms with E-state index in [9.17, 15) is 9.59 Å². The molecule has 1 N–H and O–H groups in total. The lowest BCUT2D eigenvalue weighted by molar-refractivity contribution is -0.119. The van der Waals surface area contributed by atoms with E-state index in [1.54, 1.807) is 12.1 Å². The Kier molecular flexibility index (Phi) is 3.13. The molecular weight excluding hydrogens is 216 g/mol. The van der Waals surface area contributed by atoms with Gasteiger partial charge >= 0.3 is 6.03 Å². The van der Waals surface area contributed by atoms with Crippen molar-refractivity contribution < 1.29 is 9.59 Å². The number of hydrogen-bond acceptors (Lipinski definition) is 2. The van der Waals surface area contributed by atoms with Gasteiger partial charge in [0.1, 0.15) is 6.04 Å². The molecule has 4 nitrogen and oxygen atoms in total. The van der Waals surface area contributed by atoms with Crippen LogP contribution in [0.25, 0.3) is 0 Å². The summed E-state index contributed by atoms with van der Waals surface area (Å²) >= 11 is 0. The number of carbonyl (C=O) groups excluding carboxylic acids is 2. The van der Waals surface area contributed by atoms with E-state index in [0.29, 0.717) is 5.69 Å². The maximum absolute atomic E-state index is 12.2. The highest BCUT2D eigenvalue weighted by Gasteiger charge is 2.41. The zero-order valence-corrected chi connectivity index (χ0v) is 10.0. The van der Waals surface area contributed by atoms with E-state index in [4.69, 9.17) is 0 Å². The van der Waals surface area contributed by atoms with Crippen LogP contribution >= 0.6 is 0 Å². The number of rotatable bonds is 3. The first-order valence-electron chi connectivity index (χ1n) is 5.84. The van der Waals surface area contributed by atoms with Crippen LogP contribution in [0.1, 0.15) is 20.3 Å². The van der Waals surface area contributed by atoms with Gasteiger partial charge in [0.05, 0.1) is 5.69 Å². The predicted molar refractivity (Wildman–Crippen MR) is 65.7 cm³/mol. The lowest BCUT2D eigenvalue weighted by Crippen LogP contribution is -2.35. The molecule has 2 rings (SSSR count). The highest BCUT2D eigenvalue weighted by atomic mass is 16.2. The van der Waals surface area contributed by atoms with Gasteiger partial charge in [-0.15, -0.1) is 0 Å². The fourth-order valence-electron chi connectivity index (χ4n) is 1.94. The topological polar surface area (TPSA) is 49.4 Å². The van der Waals surface area contributed by atoms with E-state index in [1.165, 1.54) is 4.90 Å². The fourth-order valence-corrected chi connectivity index (χ4v) is 1.94. The maximum Gasteiger partial charge on any atom is 0.329 e. The highest BCUT2D eigenvalue weighted by Crippen LogP contribution is 2.22. The summed E-state index contributed by atoms with van der Waals surface area (Å²) in [6.45, 7) is 3.98. The average Bonchev–Trinajstić information content (AvgIpc) is 2.65. The number of nitrogens with one attached hydrogen (secondary N) is 1. The molecule has 1 fully saturated rings. The Bertz CT molecular complexity index is 430. The van der Waals surface area contributed by atoms with E-state index in [0.717, 1.165) is 6.42 Å². The molecule has 0 spiro atoms. The molecule has 0 bridgehead atoms. The van der Waals surface area contributed by atoms with Crippen molar-refractivity contribution in [2.75, 3.05) is 4.90 Å². The lowest BCUT2D eigenvalue weighted by Gasteiger charge is -2.15. The Hall–Kier alpha value is -1.84. The van der Waals surface area contributed by atoms with Crippen LogP contribution in [0.15, 0.2) is 30.3 Å². The molecule has 90 valence electrons. The molecule has 0 aliphatic carbocycles. The molecule has 1 saturated heterocycles. The average molecular weight is 232 g/mol. The van der Waals surface area contributed by atoms with Gasteiger partial charge in [0.2, 0.25) is 0 Å². The van der Waals surface area contributed by atoms with Crippen molar-refractivity contribution in [1.29, 1.82) is 0 Å². The molecule has 0 radical (unpaired) electrons. The van der Waals surface area contributed by atoms with E-state index >= 15 is 0 Å². The molecule has 1 aliphatic heterocycles. The molecule has 0 saturated carbocycles. The molecule has 3 amide bonds. The summed E-state index contributed by atoms with van der Waals surface area (Å²) in [4.78, 5) is 25.2. The molecule has 2 unspecified atom stereocenters. The third-order valence-electron chi connectivity index (χ3n) is 3.20. The minimum absolute atomic E-state index is 0.153. The maximum atomic E-state index is 12.2. The molecule has 1 aromatic rings. The molecular formula is C13H16N2O2. The molecule has 1 aromatic carbocycles. The van der Waals surface area contributed by atoms with Crippen LogP contribution in [-0.4, -0.2) is 18.0 Å². The molecule has 17 heavy (non-hydrogen) atoms. The quantitative estimate of drug-likeness (QED) is 0.812. The van der Waals surface area contributed by atoms with E-state index < -0.39 is 6.04 Å². The van der Waals surface area contributed by atoms with E-state index in [2.05, 4.69) is 5.32 Å². The third kappa shape index (κ3) is 2.02. The molecule has 1 heterocycles. The second kappa shape index (κ2) is 4.57. The molecule has 4 heteroatoms. The van der Waals surface area contributed by atoms with Crippen LogP contribution in [0, 0.1) is 5.92 Å². The normalized spacial score (nSPS) is 21.5. The van der Waals surface area contributed by atoms with Crippen LogP contribution < -0.4 is 10.2 Å². The summed E-state index contributed by atoms with van der Waals surface area (Å²) in [6.07, 6.45) is 0.860. The monoisotopic (exact) mass is 232 g/mol. The number of urea groups is 1. The Morgan fingerprint density at radius 3 is 2.53 bits per heavy atom. The fraction of sp³-hybridized carbons (Fsp3) is 0.385. The van der Waals surface area contributed by atoms with Gasteiger partial charge in [-0.2, -0.15) is 0 Å². The minimum Gasteiger partial charge on any atom is -0.325 e. The largest absolute Gasteiger partial charge is 0.329 e. The van der Waals surface area contributed by atoms with Crippen molar-refractivity contribution in [3.05, 3.63) is 30.3 Å². The van der Waals surface area contributed by atoms with Crippen molar-refractivity contribution in [3.8, 4) is 0 Å². The van der Waals surface area contributed by atoms with Gasteiger partial charge in [-0.1, -0.05) is 38.5 Å². The van der Waals surface area contributed by atoms with Crippen molar-refractivity contribution >= 4 is 17.6 Å². The number of benzene rings is 1. The number of hydrogen-bond donors (Lipinski definition) is 1. The molecule has 2 atom stereocenters. The number of para-hydroxylation sites is 1. The van der Waals surface area contributed by atoms with Gasteiger partial charge in [-0.3, -0.25) is 4.79 Å². The Morgan fingerprint density at radius 2 is 1.94 bits per heavy atom. The summed E-state index contributed by atoms with van der Waals surface area (Å²) < 4.78 is 0. The smallest absolute Gasteiger partial charge is 0.325 e. The number of imide groups is 1. The summed E-state index contributed by atoms with van der Waals surface area (Å²) in [5, 5.41) is 2.74. The number of nitrogens with zero attached hydrogens (tertiary/aromatic N) is 1. The number of carbonyl (C=O) groups is 2.